The Morgan fingerprint density at radius 3 is 2.72 bits per heavy atom. The topological polar surface area (TPSA) is 55.6 Å². The molecule has 2 N–H and O–H groups in total. The summed E-state index contributed by atoms with van der Waals surface area (Å²) >= 11 is 0. The van der Waals surface area contributed by atoms with Crippen molar-refractivity contribution >= 4 is 18.3 Å². The molecule has 5 heteroatoms. The monoisotopic (exact) mass is 278 g/mol. The summed E-state index contributed by atoms with van der Waals surface area (Å²) in [6.07, 6.45) is 7.39. The lowest BCUT2D eigenvalue weighted by atomic mass is 10.1. The van der Waals surface area contributed by atoms with E-state index < -0.39 is 0 Å². The van der Waals surface area contributed by atoms with Gasteiger partial charge in [-0.2, -0.15) is 0 Å². The smallest absolute Gasteiger partial charge is 0.222 e. The molecule has 108 valence electrons. The van der Waals surface area contributed by atoms with Gasteiger partial charge in [-0.15, -0.1) is 12.4 Å². The van der Waals surface area contributed by atoms with Crippen LogP contribution in [0.3, 0.4) is 0 Å². The summed E-state index contributed by atoms with van der Waals surface area (Å²) < 4.78 is 5.32. The van der Waals surface area contributed by atoms with Gasteiger partial charge in [0, 0.05) is 26.6 Å². The van der Waals surface area contributed by atoms with Crippen LogP contribution in [-0.4, -0.2) is 43.7 Å². The molecule has 4 nitrogen and oxygen atoms in total. The molecule has 1 amide bonds. The van der Waals surface area contributed by atoms with Crippen LogP contribution in [0.25, 0.3) is 0 Å². The van der Waals surface area contributed by atoms with E-state index in [0.717, 1.165) is 58.2 Å². The normalized spacial score (nSPS) is 19.4. The van der Waals surface area contributed by atoms with Crippen molar-refractivity contribution < 1.29 is 9.53 Å². The second-order valence-corrected chi connectivity index (χ2v) is 4.79. The molecule has 0 aromatic heterocycles. The van der Waals surface area contributed by atoms with Crippen LogP contribution in [0, 0.1) is 0 Å². The first-order chi connectivity index (χ1) is 8.27. The molecule has 1 heterocycles. The van der Waals surface area contributed by atoms with Crippen molar-refractivity contribution in [1.29, 1.82) is 0 Å². The summed E-state index contributed by atoms with van der Waals surface area (Å²) in [6.45, 7) is 2.44. The Labute approximate surface area is 117 Å². The van der Waals surface area contributed by atoms with E-state index in [2.05, 4.69) is 0 Å². The Morgan fingerprint density at radius 2 is 2.06 bits per heavy atom. The zero-order valence-corrected chi connectivity index (χ0v) is 12.2. The molecule has 1 aliphatic heterocycles. The Bertz CT molecular complexity index is 227. The number of carbonyl (C=O) groups excluding carboxylic acids is 1. The number of ether oxygens (including phenoxy) is 1. The van der Waals surface area contributed by atoms with Crippen LogP contribution in [0.15, 0.2) is 0 Å². The van der Waals surface area contributed by atoms with Gasteiger partial charge in [-0.25, -0.2) is 0 Å². The number of methoxy groups -OCH3 is 1. The van der Waals surface area contributed by atoms with Gasteiger partial charge in [0.15, 0.2) is 0 Å². The third-order valence-electron chi connectivity index (χ3n) is 3.41. The molecular weight excluding hydrogens is 252 g/mol. The molecule has 0 aliphatic carbocycles. The Balaban J connectivity index is 0.00000289. The van der Waals surface area contributed by atoms with Crippen molar-refractivity contribution in [2.75, 3.05) is 26.7 Å². The van der Waals surface area contributed by atoms with Crippen LogP contribution in [0.1, 0.15) is 44.9 Å². The fraction of sp³-hybridized carbons (Fsp3) is 0.923. The van der Waals surface area contributed by atoms with Gasteiger partial charge in [0.2, 0.25) is 5.91 Å². The molecule has 0 bridgehead atoms. The molecule has 0 aromatic carbocycles. The summed E-state index contributed by atoms with van der Waals surface area (Å²) in [5.74, 6) is 0.291. The fourth-order valence-corrected chi connectivity index (χ4v) is 2.29. The van der Waals surface area contributed by atoms with Crippen LogP contribution in [0.4, 0.5) is 0 Å². The Morgan fingerprint density at radius 1 is 1.33 bits per heavy atom. The van der Waals surface area contributed by atoms with Crippen LogP contribution in [0.5, 0.6) is 0 Å². The lowest BCUT2D eigenvalue weighted by Gasteiger charge is -2.32. The molecule has 1 fully saturated rings. The van der Waals surface area contributed by atoms with Gasteiger partial charge in [-0.1, -0.05) is 12.8 Å². The van der Waals surface area contributed by atoms with Gasteiger partial charge < -0.3 is 15.4 Å². The molecule has 0 radical (unpaired) electrons. The van der Waals surface area contributed by atoms with Gasteiger partial charge in [0.25, 0.3) is 0 Å². The Kier molecular flexibility index (Phi) is 10.4. The van der Waals surface area contributed by atoms with E-state index in [4.69, 9.17) is 10.5 Å². The van der Waals surface area contributed by atoms with Crippen molar-refractivity contribution in [1.82, 2.24) is 4.90 Å². The number of piperidine rings is 1. The summed E-state index contributed by atoms with van der Waals surface area (Å²) in [7, 11) is 1.73. The van der Waals surface area contributed by atoms with Crippen molar-refractivity contribution in [3.8, 4) is 0 Å². The number of hydrogen-bond acceptors (Lipinski definition) is 3. The zero-order valence-electron chi connectivity index (χ0n) is 11.4. The van der Waals surface area contributed by atoms with Gasteiger partial charge in [0.1, 0.15) is 0 Å². The van der Waals surface area contributed by atoms with E-state index in [1.54, 1.807) is 7.11 Å². The highest BCUT2D eigenvalue weighted by Crippen LogP contribution is 2.14. The molecule has 0 aromatic rings. The number of hydrogen-bond donors (Lipinski definition) is 1. The molecule has 1 saturated heterocycles. The maximum absolute atomic E-state index is 11.9. The van der Waals surface area contributed by atoms with Gasteiger partial charge in [0.05, 0.1) is 6.10 Å². The van der Waals surface area contributed by atoms with Crippen LogP contribution < -0.4 is 5.73 Å². The summed E-state index contributed by atoms with van der Waals surface area (Å²) in [4.78, 5) is 13.9. The Hall–Kier alpha value is -0.320. The van der Waals surface area contributed by atoms with Crippen molar-refractivity contribution in [3.05, 3.63) is 0 Å². The molecule has 0 saturated carbocycles. The SMILES string of the molecule is COC1CCCN(C(=O)CCCCCCN)C1.Cl. The number of nitrogens with two attached hydrogens (primary N) is 1. The number of unbranched alkanes of at least 4 members (excludes halogenated alkanes) is 3. The second-order valence-electron chi connectivity index (χ2n) is 4.79. The fourth-order valence-electron chi connectivity index (χ4n) is 2.29. The number of halogens is 1. The number of rotatable bonds is 7. The molecule has 1 rings (SSSR count). The van der Waals surface area contributed by atoms with Gasteiger partial charge in [-0.05, 0) is 32.2 Å². The maximum atomic E-state index is 11.9. The summed E-state index contributed by atoms with van der Waals surface area (Å²) in [5, 5.41) is 0. The van der Waals surface area contributed by atoms with Crippen molar-refractivity contribution in [2.24, 2.45) is 5.73 Å². The minimum Gasteiger partial charge on any atom is -0.380 e. The summed E-state index contributed by atoms with van der Waals surface area (Å²) in [5.41, 5.74) is 5.43. The zero-order chi connectivity index (χ0) is 12.5. The lowest BCUT2D eigenvalue weighted by Crippen LogP contribution is -2.42. The van der Waals surface area contributed by atoms with E-state index in [1.807, 2.05) is 4.90 Å². The number of likely N-dealkylation sites (tertiary alicyclic amines) is 1. The molecule has 1 atom stereocenters. The van der Waals surface area contributed by atoms with Crippen molar-refractivity contribution in [3.63, 3.8) is 0 Å². The van der Waals surface area contributed by atoms with E-state index in [1.165, 1.54) is 0 Å². The largest absolute Gasteiger partial charge is 0.380 e. The van der Waals surface area contributed by atoms with E-state index in [9.17, 15) is 4.79 Å². The van der Waals surface area contributed by atoms with Gasteiger partial charge in [-0.3, -0.25) is 4.79 Å². The van der Waals surface area contributed by atoms with E-state index in [-0.39, 0.29) is 18.5 Å². The highest BCUT2D eigenvalue weighted by atomic mass is 35.5. The van der Waals surface area contributed by atoms with E-state index in [0.29, 0.717) is 12.3 Å². The number of carbonyl (C=O) groups is 1. The third kappa shape index (κ3) is 6.57. The van der Waals surface area contributed by atoms with E-state index >= 15 is 0 Å². The summed E-state index contributed by atoms with van der Waals surface area (Å²) in [6, 6.07) is 0. The quantitative estimate of drug-likeness (QED) is 0.724. The highest BCUT2D eigenvalue weighted by molar-refractivity contribution is 5.85. The maximum Gasteiger partial charge on any atom is 0.222 e. The first-order valence-corrected chi connectivity index (χ1v) is 6.78. The molecule has 1 unspecified atom stereocenters. The number of amides is 1. The van der Waals surface area contributed by atoms with Crippen LogP contribution >= 0.6 is 12.4 Å². The predicted octanol–water partition coefficient (Wildman–Crippen LogP) is 1.95. The third-order valence-corrected chi connectivity index (χ3v) is 3.41. The minimum absolute atomic E-state index is 0. The average Bonchev–Trinajstić information content (AvgIpc) is 2.38. The lowest BCUT2D eigenvalue weighted by molar-refractivity contribution is -0.134. The first-order valence-electron chi connectivity index (χ1n) is 6.78. The van der Waals surface area contributed by atoms with Crippen LogP contribution in [0.2, 0.25) is 0 Å². The van der Waals surface area contributed by atoms with Crippen molar-refractivity contribution in [2.45, 2.75) is 51.0 Å². The minimum atomic E-state index is 0. The second kappa shape index (κ2) is 10.6. The highest BCUT2D eigenvalue weighted by Gasteiger charge is 2.22. The first kappa shape index (κ1) is 17.7. The average molecular weight is 279 g/mol. The molecular formula is C13H27ClN2O2. The van der Waals surface area contributed by atoms with Crippen LogP contribution in [-0.2, 0) is 9.53 Å². The molecule has 0 spiro atoms. The molecule has 1 aliphatic rings. The standard InChI is InChI=1S/C13H26N2O2.ClH/c1-17-12-7-6-10-15(11-12)13(16)8-4-2-3-5-9-14;/h12H,2-11,14H2,1H3;1H. The molecule has 18 heavy (non-hydrogen) atoms. The predicted molar refractivity (Wildman–Crippen MR) is 76.0 cm³/mol. The number of nitrogens with zero attached hydrogens (tertiary/aromatic N) is 1. The van der Waals surface area contributed by atoms with Gasteiger partial charge >= 0.3 is 0 Å².